The van der Waals surface area contributed by atoms with Crippen LogP contribution in [0.25, 0.3) is 0 Å². The molecule has 8 heteroatoms. The van der Waals surface area contributed by atoms with Crippen molar-refractivity contribution in [3.05, 3.63) is 58.6 Å². The summed E-state index contributed by atoms with van der Waals surface area (Å²) in [5, 5.41) is 0. The van der Waals surface area contributed by atoms with Crippen LogP contribution < -0.4 is 4.72 Å². The van der Waals surface area contributed by atoms with Crippen LogP contribution in [0.15, 0.2) is 57.9 Å². The summed E-state index contributed by atoms with van der Waals surface area (Å²) in [5.41, 5.74) is 0.787. The van der Waals surface area contributed by atoms with E-state index in [0.29, 0.717) is 24.4 Å². The van der Waals surface area contributed by atoms with Crippen LogP contribution in [-0.2, 0) is 14.8 Å². The summed E-state index contributed by atoms with van der Waals surface area (Å²) in [7, 11) is -2.22. The molecule has 6 nitrogen and oxygen atoms in total. The smallest absolute Gasteiger partial charge is 0.261 e. The zero-order valence-corrected chi connectivity index (χ0v) is 19.3. The first-order valence-electron chi connectivity index (χ1n) is 9.50. The highest BCUT2D eigenvalue weighted by molar-refractivity contribution is 9.10. The van der Waals surface area contributed by atoms with Crippen molar-refractivity contribution in [1.82, 2.24) is 4.90 Å². The van der Waals surface area contributed by atoms with Crippen molar-refractivity contribution in [1.29, 1.82) is 0 Å². The standard InChI is InChI=1S/C21H27BrN2O4S/c1-4-19(5-2)24(13-14-28-3)21(25)16-7-6-8-20(15-16)29(26,27)23-18-11-9-17(22)10-12-18/h6-12,15,19,23H,4-5,13-14H2,1-3H3. The van der Waals surface area contributed by atoms with Gasteiger partial charge in [0.1, 0.15) is 0 Å². The van der Waals surface area contributed by atoms with E-state index in [2.05, 4.69) is 20.7 Å². The lowest BCUT2D eigenvalue weighted by atomic mass is 10.1. The predicted octanol–water partition coefficient (Wildman–Crippen LogP) is 4.53. The Morgan fingerprint density at radius 3 is 2.38 bits per heavy atom. The van der Waals surface area contributed by atoms with Gasteiger partial charge in [0, 0.05) is 35.4 Å². The Balaban J connectivity index is 2.30. The second-order valence-electron chi connectivity index (χ2n) is 6.60. The van der Waals surface area contributed by atoms with Gasteiger partial charge in [-0.15, -0.1) is 0 Å². The van der Waals surface area contributed by atoms with Crippen molar-refractivity contribution in [2.45, 2.75) is 37.6 Å². The first-order valence-corrected chi connectivity index (χ1v) is 11.8. The number of nitrogens with zero attached hydrogens (tertiary/aromatic N) is 1. The molecule has 0 unspecified atom stereocenters. The Labute approximate surface area is 181 Å². The molecular formula is C21H27BrN2O4S. The van der Waals surface area contributed by atoms with Crippen LogP contribution in [0.4, 0.5) is 5.69 Å². The molecule has 2 rings (SSSR count). The lowest BCUT2D eigenvalue weighted by molar-refractivity contribution is 0.0589. The summed E-state index contributed by atoms with van der Waals surface area (Å²) < 4.78 is 34.1. The fraction of sp³-hybridized carbons (Fsp3) is 0.381. The maximum Gasteiger partial charge on any atom is 0.261 e. The van der Waals surface area contributed by atoms with E-state index in [-0.39, 0.29) is 16.8 Å². The molecule has 29 heavy (non-hydrogen) atoms. The maximum atomic E-state index is 13.1. The first-order chi connectivity index (χ1) is 13.8. The fourth-order valence-electron chi connectivity index (χ4n) is 3.06. The summed E-state index contributed by atoms with van der Waals surface area (Å²) in [5.74, 6) is -0.198. The molecule has 1 amide bonds. The minimum atomic E-state index is -3.82. The second kappa shape index (κ2) is 10.8. The summed E-state index contributed by atoms with van der Waals surface area (Å²) >= 11 is 3.32. The fourth-order valence-corrected chi connectivity index (χ4v) is 4.43. The number of nitrogens with one attached hydrogen (secondary N) is 1. The molecule has 0 spiro atoms. The van der Waals surface area contributed by atoms with Crippen LogP contribution in [0.1, 0.15) is 37.0 Å². The molecule has 0 atom stereocenters. The largest absolute Gasteiger partial charge is 0.383 e. The lowest BCUT2D eigenvalue weighted by Gasteiger charge is -2.30. The third-order valence-corrected chi connectivity index (χ3v) is 6.58. The number of methoxy groups -OCH3 is 1. The van der Waals surface area contributed by atoms with Crippen LogP contribution >= 0.6 is 15.9 Å². The van der Waals surface area contributed by atoms with E-state index in [1.807, 2.05) is 13.8 Å². The SMILES string of the molecule is CCC(CC)N(CCOC)C(=O)c1cccc(S(=O)(=O)Nc2ccc(Br)cc2)c1. The van der Waals surface area contributed by atoms with E-state index in [0.717, 1.165) is 17.3 Å². The van der Waals surface area contributed by atoms with Crippen LogP contribution in [0.5, 0.6) is 0 Å². The van der Waals surface area contributed by atoms with Gasteiger partial charge >= 0.3 is 0 Å². The maximum absolute atomic E-state index is 13.1. The topological polar surface area (TPSA) is 75.7 Å². The van der Waals surface area contributed by atoms with E-state index in [1.54, 1.807) is 48.4 Å². The van der Waals surface area contributed by atoms with E-state index < -0.39 is 10.0 Å². The van der Waals surface area contributed by atoms with Crippen molar-refractivity contribution >= 4 is 37.5 Å². The van der Waals surface area contributed by atoms with Crippen LogP contribution in [0.2, 0.25) is 0 Å². The predicted molar refractivity (Wildman–Crippen MR) is 119 cm³/mol. The highest BCUT2D eigenvalue weighted by atomic mass is 79.9. The monoisotopic (exact) mass is 482 g/mol. The molecule has 0 radical (unpaired) electrons. The molecule has 0 heterocycles. The van der Waals surface area contributed by atoms with Gasteiger partial charge in [-0.25, -0.2) is 8.42 Å². The Morgan fingerprint density at radius 1 is 1.14 bits per heavy atom. The highest BCUT2D eigenvalue weighted by Crippen LogP contribution is 2.21. The molecular weight excluding hydrogens is 456 g/mol. The quantitative estimate of drug-likeness (QED) is 0.539. The van der Waals surface area contributed by atoms with Crippen molar-refractivity contribution < 1.29 is 17.9 Å². The van der Waals surface area contributed by atoms with Gasteiger partial charge in [-0.1, -0.05) is 35.8 Å². The number of amides is 1. The third kappa shape index (κ3) is 6.29. The lowest BCUT2D eigenvalue weighted by Crippen LogP contribution is -2.41. The Hall–Kier alpha value is -1.90. The van der Waals surface area contributed by atoms with E-state index in [9.17, 15) is 13.2 Å². The van der Waals surface area contributed by atoms with Gasteiger partial charge in [0.15, 0.2) is 0 Å². The number of rotatable bonds is 10. The molecule has 0 aliphatic heterocycles. The molecule has 0 aromatic heterocycles. The summed E-state index contributed by atoms with van der Waals surface area (Å²) in [6.45, 7) is 4.94. The number of halogens is 1. The molecule has 0 fully saturated rings. The van der Waals surface area contributed by atoms with Gasteiger partial charge in [-0.3, -0.25) is 9.52 Å². The zero-order chi connectivity index (χ0) is 21.4. The average molecular weight is 483 g/mol. The molecule has 0 bridgehead atoms. The Kier molecular flexibility index (Phi) is 8.67. The van der Waals surface area contributed by atoms with Gasteiger partial charge in [0.2, 0.25) is 0 Å². The Morgan fingerprint density at radius 2 is 1.79 bits per heavy atom. The number of benzene rings is 2. The van der Waals surface area contributed by atoms with Gasteiger partial charge in [-0.2, -0.15) is 0 Å². The number of ether oxygens (including phenoxy) is 1. The minimum Gasteiger partial charge on any atom is -0.383 e. The van der Waals surface area contributed by atoms with Gasteiger partial charge < -0.3 is 9.64 Å². The summed E-state index contributed by atoms with van der Waals surface area (Å²) in [6.07, 6.45) is 1.63. The van der Waals surface area contributed by atoms with Crippen LogP contribution in [0, 0.1) is 0 Å². The molecule has 2 aromatic carbocycles. The molecule has 0 saturated carbocycles. The van der Waals surface area contributed by atoms with E-state index in [4.69, 9.17) is 4.74 Å². The number of carbonyl (C=O) groups excluding carboxylic acids is 1. The molecule has 0 aliphatic rings. The van der Waals surface area contributed by atoms with Crippen LogP contribution in [0.3, 0.4) is 0 Å². The molecule has 2 aromatic rings. The number of hydrogen-bond acceptors (Lipinski definition) is 4. The molecule has 1 N–H and O–H groups in total. The average Bonchev–Trinajstić information content (AvgIpc) is 2.72. The van der Waals surface area contributed by atoms with Crippen molar-refractivity contribution in [2.75, 3.05) is 25.0 Å². The number of anilines is 1. The molecule has 0 aliphatic carbocycles. The summed E-state index contributed by atoms with van der Waals surface area (Å²) in [6, 6.07) is 13.0. The van der Waals surface area contributed by atoms with Gasteiger partial charge in [-0.05, 0) is 55.3 Å². The number of sulfonamides is 1. The first kappa shape index (κ1) is 23.4. The highest BCUT2D eigenvalue weighted by Gasteiger charge is 2.24. The van der Waals surface area contributed by atoms with Crippen molar-refractivity contribution in [3.8, 4) is 0 Å². The number of carbonyl (C=O) groups is 1. The second-order valence-corrected chi connectivity index (χ2v) is 9.20. The normalized spacial score (nSPS) is 11.5. The molecule has 0 saturated heterocycles. The Bertz CT molecular complexity index is 913. The van der Waals surface area contributed by atoms with E-state index in [1.165, 1.54) is 12.1 Å². The minimum absolute atomic E-state index is 0.0440. The van der Waals surface area contributed by atoms with Gasteiger partial charge in [0.25, 0.3) is 15.9 Å². The molecule has 158 valence electrons. The third-order valence-electron chi connectivity index (χ3n) is 4.67. The van der Waals surface area contributed by atoms with Crippen molar-refractivity contribution in [3.63, 3.8) is 0 Å². The van der Waals surface area contributed by atoms with Crippen molar-refractivity contribution in [2.24, 2.45) is 0 Å². The summed E-state index contributed by atoms with van der Waals surface area (Å²) in [4.78, 5) is 14.9. The van der Waals surface area contributed by atoms with E-state index >= 15 is 0 Å². The number of hydrogen-bond donors (Lipinski definition) is 1. The zero-order valence-electron chi connectivity index (χ0n) is 16.9. The van der Waals surface area contributed by atoms with Crippen LogP contribution in [-0.4, -0.2) is 45.5 Å². The van der Waals surface area contributed by atoms with Gasteiger partial charge in [0.05, 0.1) is 11.5 Å².